The lowest BCUT2D eigenvalue weighted by Gasteiger charge is -2.33. The number of phenols is 1. The molecule has 5 heteroatoms. The van der Waals surface area contributed by atoms with Crippen molar-refractivity contribution in [1.82, 2.24) is 0 Å². The maximum Gasteiger partial charge on any atom is 0.173 e. The van der Waals surface area contributed by atoms with E-state index in [0.717, 1.165) is 34.3 Å². The monoisotopic (exact) mass is 421 g/mol. The fourth-order valence-electron chi connectivity index (χ4n) is 4.56. The van der Waals surface area contributed by atoms with E-state index in [1.807, 2.05) is 30.3 Å². The van der Waals surface area contributed by atoms with Crippen molar-refractivity contribution < 1.29 is 14.7 Å². The van der Waals surface area contributed by atoms with Crippen LogP contribution in [0.5, 0.6) is 5.75 Å². The molecular formula is C22H16BrNO3. The molecule has 0 spiro atoms. The number of carbonyl (C=O) groups is 2. The number of allylic oxidation sites excluding steroid dienone is 2. The van der Waals surface area contributed by atoms with E-state index < -0.39 is 11.8 Å². The standard InChI is InChI=1S/C22H16BrNO3/c23-11-8-9-16(25)14(10-11)18-19-15(6-3-7-17(19)26)24-21-12-4-1-2-5-13(12)22(27)20(18)21/h1-2,4-5,8-10,18,20,25H,3,6-7H2/t18-,20+/m0/s1. The normalized spacial score (nSPS) is 23.7. The number of aromatic hydroxyl groups is 1. The summed E-state index contributed by atoms with van der Waals surface area (Å²) in [5, 5.41) is 10.6. The lowest BCUT2D eigenvalue weighted by Crippen LogP contribution is -2.33. The summed E-state index contributed by atoms with van der Waals surface area (Å²) in [6.45, 7) is 0. The molecule has 1 heterocycles. The first-order valence-electron chi connectivity index (χ1n) is 9.03. The Labute approximate surface area is 164 Å². The van der Waals surface area contributed by atoms with Crippen molar-refractivity contribution in [2.75, 3.05) is 0 Å². The van der Waals surface area contributed by atoms with Gasteiger partial charge in [0.2, 0.25) is 0 Å². The Kier molecular flexibility index (Phi) is 3.69. The molecule has 0 saturated carbocycles. The molecule has 2 atom stereocenters. The summed E-state index contributed by atoms with van der Waals surface area (Å²) < 4.78 is 0.799. The lowest BCUT2D eigenvalue weighted by atomic mass is 9.71. The van der Waals surface area contributed by atoms with E-state index in [4.69, 9.17) is 4.99 Å². The van der Waals surface area contributed by atoms with Crippen LogP contribution in [-0.4, -0.2) is 22.4 Å². The maximum atomic E-state index is 13.3. The summed E-state index contributed by atoms with van der Waals surface area (Å²) in [6, 6.07) is 12.6. The Balaban J connectivity index is 1.80. The number of hydrogen-bond donors (Lipinski definition) is 1. The van der Waals surface area contributed by atoms with Gasteiger partial charge in [0.1, 0.15) is 5.75 Å². The number of benzene rings is 2. The number of aliphatic imine (C=N–C) groups is 1. The van der Waals surface area contributed by atoms with Crippen LogP contribution in [-0.2, 0) is 4.79 Å². The molecule has 0 bridgehead atoms. The number of rotatable bonds is 1. The van der Waals surface area contributed by atoms with Gasteiger partial charge < -0.3 is 5.11 Å². The molecule has 0 fully saturated rings. The van der Waals surface area contributed by atoms with Gasteiger partial charge in [0.15, 0.2) is 11.6 Å². The van der Waals surface area contributed by atoms with Gasteiger partial charge in [-0.1, -0.05) is 40.2 Å². The van der Waals surface area contributed by atoms with Gasteiger partial charge in [-0.05, 0) is 31.0 Å². The van der Waals surface area contributed by atoms with Gasteiger partial charge in [0.25, 0.3) is 0 Å². The van der Waals surface area contributed by atoms with Crippen molar-refractivity contribution in [2.45, 2.75) is 25.2 Å². The minimum absolute atomic E-state index is 0.0290. The van der Waals surface area contributed by atoms with Gasteiger partial charge in [-0.25, -0.2) is 0 Å². The van der Waals surface area contributed by atoms with E-state index in [2.05, 4.69) is 15.9 Å². The van der Waals surface area contributed by atoms with Gasteiger partial charge in [0, 0.05) is 44.8 Å². The van der Waals surface area contributed by atoms with E-state index >= 15 is 0 Å². The largest absolute Gasteiger partial charge is 0.508 e. The Morgan fingerprint density at radius 3 is 2.59 bits per heavy atom. The van der Waals surface area contributed by atoms with Crippen LogP contribution in [0.25, 0.3) is 0 Å². The molecule has 0 aromatic heterocycles. The number of halogens is 1. The van der Waals surface area contributed by atoms with E-state index in [1.165, 1.54) is 0 Å². The van der Waals surface area contributed by atoms with E-state index in [1.54, 1.807) is 12.1 Å². The third-order valence-electron chi connectivity index (χ3n) is 5.70. The number of Topliss-reactive ketones (excluding diaryl/α,β-unsaturated/α-hetero) is 2. The quantitative estimate of drug-likeness (QED) is 0.733. The van der Waals surface area contributed by atoms with Crippen molar-refractivity contribution in [3.05, 3.63) is 74.9 Å². The first kappa shape index (κ1) is 16.6. The molecule has 4 nitrogen and oxygen atoms in total. The number of nitrogens with zero attached hydrogens (tertiary/aromatic N) is 1. The van der Waals surface area contributed by atoms with Crippen molar-refractivity contribution in [2.24, 2.45) is 10.9 Å². The minimum Gasteiger partial charge on any atom is -0.508 e. The SMILES string of the molecule is O=C1CCCC2=C1[C@H](c1cc(Br)ccc1O)[C@H]1C(=O)c3ccccc3C1=N2. The predicted octanol–water partition coefficient (Wildman–Crippen LogP) is 4.56. The number of phenolic OH excluding ortho intramolecular Hbond substituents is 1. The second kappa shape index (κ2) is 5.99. The minimum atomic E-state index is -0.566. The molecule has 0 amide bonds. The summed E-state index contributed by atoms with van der Waals surface area (Å²) in [7, 11) is 0. The summed E-state index contributed by atoms with van der Waals surface area (Å²) in [4.78, 5) is 30.9. The van der Waals surface area contributed by atoms with Gasteiger partial charge in [-0.15, -0.1) is 0 Å². The molecule has 134 valence electrons. The maximum absolute atomic E-state index is 13.3. The smallest absolute Gasteiger partial charge is 0.173 e. The Morgan fingerprint density at radius 1 is 1.00 bits per heavy atom. The van der Waals surface area contributed by atoms with Crippen LogP contribution in [0.3, 0.4) is 0 Å². The highest BCUT2D eigenvalue weighted by Gasteiger charge is 2.49. The molecule has 1 aliphatic heterocycles. The fraction of sp³-hybridized carbons (Fsp3) is 0.227. The number of carbonyl (C=O) groups excluding carboxylic acids is 2. The topological polar surface area (TPSA) is 66.7 Å². The molecule has 27 heavy (non-hydrogen) atoms. The third kappa shape index (κ3) is 2.38. The molecule has 0 unspecified atom stereocenters. The van der Waals surface area contributed by atoms with E-state index in [0.29, 0.717) is 23.1 Å². The zero-order chi connectivity index (χ0) is 18.7. The molecule has 2 aromatic rings. The summed E-state index contributed by atoms with van der Waals surface area (Å²) in [6.07, 6.45) is 1.95. The second-order valence-corrected chi connectivity index (χ2v) is 8.12. The van der Waals surface area contributed by atoms with Gasteiger partial charge in [-0.3, -0.25) is 14.6 Å². The Morgan fingerprint density at radius 2 is 1.78 bits per heavy atom. The molecule has 1 N–H and O–H groups in total. The van der Waals surface area contributed by atoms with Crippen LogP contribution in [0.15, 0.2) is 63.2 Å². The lowest BCUT2D eigenvalue weighted by molar-refractivity contribution is -0.116. The summed E-state index contributed by atoms with van der Waals surface area (Å²) >= 11 is 3.45. The average molecular weight is 422 g/mol. The first-order valence-corrected chi connectivity index (χ1v) is 9.82. The van der Waals surface area contributed by atoms with Crippen LogP contribution in [0, 0.1) is 5.92 Å². The van der Waals surface area contributed by atoms with Crippen LogP contribution in [0.1, 0.15) is 46.7 Å². The van der Waals surface area contributed by atoms with Gasteiger partial charge in [-0.2, -0.15) is 0 Å². The number of hydrogen-bond acceptors (Lipinski definition) is 4. The Bertz CT molecular complexity index is 1080. The number of fused-ring (bicyclic) bond motifs is 3. The molecule has 3 aliphatic rings. The van der Waals surface area contributed by atoms with Crippen molar-refractivity contribution in [1.29, 1.82) is 0 Å². The first-order chi connectivity index (χ1) is 13.1. The highest BCUT2D eigenvalue weighted by atomic mass is 79.9. The third-order valence-corrected chi connectivity index (χ3v) is 6.19. The van der Waals surface area contributed by atoms with Crippen LogP contribution in [0.2, 0.25) is 0 Å². The zero-order valence-corrected chi connectivity index (χ0v) is 16.0. The average Bonchev–Trinajstić information content (AvgIpc) is 2.95. The van der Waals surface area contributed by atoms with Crippen LogP contribution in [0.4, 0.5) is 0 Å². The summed E-state index contributed by atoms with van der Waals surface area (Å²) in [5.41, 5.74) is 4.19. The molecular weight excluding hydrogens is 406 g/mol. The van der Waals surface area contributed by atoms with Crippen molar-refractivity contribution in [3.63, 3.8) is 0 Å². The van der Waals surface area contributed by atoms with Crippen LogP contribution >= 0.6 is 15.9 Å². The summed E-state index contributed by atoms with van der Waals surface area (Å²) in [5.74, 6) is -0.967. The molecule has 2 aliphatic carbocycles. The highest BCUT2D eigenvalue weighted by molar-refractivity contribution is 9.10. The molecule has 0 saturated heterocycles. The predicted molar refractivity (Wildman–Crippen MR) is 105 cm³/mol. The van der Waals surface area contributed by atoms with E-state index in [-0.39, 0.29) is 17.3 Å². The van der Waals surface area contributed by atoms with Crippen LogP contribution < -0.4 is 0 Å². The molecule has 0 radical (unpaired) electrons. The van der Waals surface area contributed by atoms with Crippen molar-refractivity contribution >= 4 is 33.2 Å². The van der Waals surface area contributed by atoms with Gasteiger partial charge >= 0.3 is 0 Å². The highest BCUT2D eigenvalue weighted by Crippen LogP contribution is 2.50. The van der Waals surface area contributed by atoms with Crippen molar-refractivity contribution in [3.8, 4) is 5.75 Å². The molecule has 2 aromatic carbocycles. The Hall–Kier alpha value is -2.53. The zero-order valence-electron chi connectivity index (χ0n) is 14.4. The molecule has 5 rings (SSSR count). The van der Waals surface area contributed by atoms with E-state index in [9.17, 15) is 14.7 Å². The van der Waals surface area contributed by atoms with Gasteiger partial charge in [0.05, 0.1) is 11.6 Å². The number of ketones is 2. The second-order valence-electron chi connectivity index (χ2n) is 7.20. The fourth-order valence-corrected chi connectivity index (χ4v) is 4.94.